The molecule has 0 saturated carbocycles. The van der Waals surface area contributed by atoms with Crippen molar-refractivity contribution in [2.45, 2.75) is 16.7 Å². The minimum absolute atomic E-state index is 0.0579. The Bertz CT molecular complexity index is 461. The summed E-state index contributed by atoms with van der Waals surface area (Å²) < 4.78 is 78.6. The molecule has 0 amide bonds. The summed E-state index contributed by atoms with van der Waals surface area (Å²) in [5.74, 6) is 0. The van der Waals surface area contributed by atoms with Gasteiger partial charge in [-0.3, -0.25) is 0 Å². The van der Waals surface area contributed by atoms with Crippen molar-refractivity contribution in [1.29, 1.82) is 0 Å². The topological polar surface area (TPSA) is 26.0 Å². The Balaban J connectivity index is 3.62. The molecular formula is C9H4BrF6I2N. The molecule has 0 fully saturated rings. The molecule has 0 aromatic heterocycles. The second-order valence-corrected chi connectivity index (χ2v) is 6.83. The highest BCUT2D eigenvalue weighted by Crippen LogP contribution is 2.55. The Hall–Kier alpha value is 0.540. The van der Waals surface area contributed by atoms with E-state index in [1.807, 2.05) is 0 Å². The van der Waals surface area contributed by atoms with E-state index in [-0.39, 0.29) is 12.8 Å². The predicted molar refractivity (Wildman–Crippen MR) is 79.0 cm³/mol. The van der Waals surface area contributed by atoms with E-state index in [1.165, 1.54) is 15.9 Å². The molecule has 0 spiro atoms. The minimum atomic E-state index is -5.79. The van der Waals surface area contributed by atoms with Crippen LogP contribution in [-0.2, 0) is 5.67 Å². The van der Waals surface area contributed by atoms with Crippen molar-refractivity contribution >= 4 is 66.8 Å². The van der Waals surface area contributed by atoms with Crippen molar-refractivity contribution in [2.24, 2.45) is 0 Å². The first kappa shape index (κ1) is 17.6. The Morgan fingerprint density at radius 2 is 1.32 bits per heavy atom. The van der Waals surface area contributed by atoms with Gasteiger partial charge in [-0.05, 0) is 73.2 Å². The molecule has 108 valence electrons. The van der Waals surface area contributed by atoms with Crippen LogP contribution < -0.4 is 5.73 Å². The van der Waals surface area contributed by atoms with Crippen LogP contribution >= 0.6 is 61.1 Å². The zero-order valence-corrected chi connectivity index (χ0v) is 14.5. The molecule has 0 radical (unpaired) electrons. The van der Waals surface area contributed by atoms with Gasteiger partial charge in [-0.2, -0.15) is 22.0 Å². The fourth-order valence-corrected chi connectivity index (χ4v) is 3.49. The summed E-state index contributed by atoms with van der Waals surface area (Å²) in [5, 5.41) is 0. The maximum Gasteiger partial charge on any atom is 0.433 e. The lowest BCUT2D eigenvalue weighted by Gasteiger charge is -2.32. The summed E-state index contributed by atoms with van der Waals surface area (Å²) in [5.41, 5.74) is -0.445. The summed E-state index contributed by atoms with van der Waals surface area (Å²) in [4.78, 5) is -4.81. The molecule has 0 bridgehead atoms. The Kier molecular flexibility index (Phi) is 4.99. The zero-order chi connectivity index (χ0) is 15.2. The van der Waals surface area contributed by atoms with Crippen LogP contribution in [0.5, 0.6) is 0 Å². The summed E-state index contributed by atoms with van der Waals surface area (Å²) in [6, 6.07) is 1.31. The second kappa shape index (κ2) is 5.39. The van der Waals surface area contributed by atoms with Gasteiger partial charge in [0, 0.05) is 12.7 Å². The third kappa shape index (κ3) is 3.09. The number of alkyl halides is 7. The molecule has 10 heteroatoms. The lowest BCUT2D eigenvalue weighted by atomic mass is 9.95. The molecular weight excluding hydrogens is 570 g/mol. The zero-order valence-electron chi connectivity index (χ0n) is 8.63. The van der Waals surface area contributed by atoms with E-state index in [0.29, 0.717) is 12.1 Å². The van der Waals surface area contributed by atoms with Gasteiger partial charge in [0.2, 0.25) is 0 Å². The third-order valence-corrected chi connectivity index (χ3v) is 4.59. The first-order valence-electron chi connectivity index (χ1n) is 4.39. The molecule has 0 saturated heterocycles. The highest BCUT2D eigenvalue weighted by Gasteiger charge is 2.71. The predicted octanol–water partition coefficient (Wildman–Crippen LogP) is 5.19. The Morgan fingerprint density at radius 3 is 1.58 bits per heavy atom. The van der Waals surface area contributed by atoms with E-state index < -0.39 is 22.2 Å². The van der Waals surface area contributed by atoms with Crippen LogP contribution in [0, 0.1) is 7.14 Å². The lowest BCUT2D eigenvalue weighted by Crippen LogP contribution is -2.49. The number of nitrogen functional groups attached to an aromatic ring is 1. The van der Waals surface area contributed by atoms with E-state index in [9.17, 15) is 26.3 Å². The number of hydrogen-bond donors (Lipinski definition) is 1. The molecule has 19 heavy (non-hydrogen) atoms. The van der Waals surface area contributed by atoms with Crippen molar-refractivity contribution < 1.29 is 26.3 Å². The molecule has 0 aliphatic rings. The summed E-state index contributed by atoms with van der Waals surface area (Å²) >= 11 is 4.57. The number of rotatable bonds is 2. The Morgan fingerprint density at radius 1 is 0.947 bits per heavy atom. The van der Waals surface area contributed by atoms with Crippen LogP contribution in [0.4, 0.5) is 32.0 Å². The molecule has 0 aliphatic heterocycles. The molecule has 0 aliphatic carbocycles. The van der Waals surface area contributed by atoms with Crippen molar-refractivity contribution in [2.75, 3.05) is 5.73 Å². The molecule has 2 N–H and O–H groups in total. The molecule has 1 nitrogen and oxygen atoms in total. The van der Waals surface area contributed by atoms with Crippen LogP contribution in [0.25, 0.3) is 0 Å². The van der Waals surface area contributed by atoms with Gasteiger partial charge in [-0.15, -0.1) is 0 Å². The minimum Gasteiger partial charge on any atom is -0.397 e. The average molecular weight is 574 g/mol. The molecule has 1 unspecified atom stereocenters. The number of nitrogens with two attached hydrogens (primary N) is 1. The highest BCUT2D eigenvalue weighted by atomic mass is 127. The number of halogens is 9. The van der Waals surface area contributed by atoms with E-state index in [4.69, 9.17) is 5.73 Å². The lowest BCUT2D eigenvalue weighted by molar-refractivity contribution is -0.282. The van der Waals surface area contributed by atoms with Gasteiger partial charge in [0.15, 0.2) is 0 Å². The monoisotopic (exact) mass is 573 g/mol. The molecule has 1 rings (SSSR count). The standard InChI is InChI=1S/C9H4BrF6I2N/c10-8(12,13)7(11,9(14,15)16)3-1-4(17)6(19)5(18)2-3/h1-2H,19H2. The van der Waals surface area contributed by atoms with E-state index >= 15 is 0 Å². The quantitative estimate of drug-likeness (QED) is 0.224. The van der Waals surface area contributed by atoms with Crippen LogP contribution in [0.3, 0.4) is 0 Å². The van der Waals surface area contributed by atoms with Crippen molar-refractivity contribution in [3.63, 3.8) is 0 Å². The van der Waals surface area contributed by atoms with Crippen LogP contribution in [0.2, 0.25) is 0 Å². The summed E-state index contributed by atoms with van der Waals surface area (Å²) in [6.45, 7) is 0. The largest absolute Gasteiger partial charge is 0.433 e. The highest BCUT2D eigenvalue weighted by molar-refractivity contribution is 14.1. The molecule has 1 aromatic rings. The second-order valence-electron chi connectivity index (χ2n) is 3.51. The third-order valence-electron chi connectivity index (χ3n) is 2.26. The average Bonchev–Trinajstić information content (AvgIpc) is 2.20. The van der Waals surface area contributed by atoms with E-state index in [2.05, 4.69) is 0 Å². The fourth-order valence-electron chi connectivity index (χ4n) is 1.27. The van der Waals surface area contributed by atoms with Gasteiger partial charge in [0.05, 0.1) is 5.69 Å². The van der Waals surface area contributed by atoms with Crippen LogP contribution in [-0.4, -0.2) is 11.0 Å². The van der Waals surface area contributed by atoms with E-state index in [1.54, 1.807) is 45.2 Å². The first-order chi connectivity index (χ1) is 8.32. The molecule has 1 atom stereocenters. The van der Waals surface area contributed by atoms with Gasteiger partial charge in [-0.25, -0.2) is 4.39 Å². The van der Waals surface area contributed by atoms with Gasteiger partial charge in [0.25, 0.3) is 0 Å². The van der Waals surface area contributed by atoms with Gasteiger partial charge >= 0.3 is 16.7 Å². The Labute approximate surface area is 139 Å². The summed E-state index contributed by atoms with van der Waals surface area (Å²) in [6.07, 6.45) is -5.79. The number of anilines is 1. The SMILES string of the molecule is Nc1c(I)cc(C(F)(C(F)(F)F)C(F)(F)Br)cc1I. The summed E-state index contributed by atoms with van der Waals surface area (Å²) in [7, 11) is 0. The van der Waals surface area contributed by atoms with Gasteiger partial charge < -0.3 is 5.73 Å². The van der Waals surface area contributed by atoms with E-state index in [0.717, 1.165) is 0 Å². The normalized spacial score (nSPS) is 16.3. The van der Waals surface area contributed by atoms with Gasteiger partial charge in [0.1, 0.15) is 0 Å². The van der Waals surface area contributed by atoms with Crippen LogP contribution in [0.15, 0.2) is 12.1 Å². The maximum atomic E-state index is 14.1. The van der Waals surface area contributed by atoms with Crippen molar-refractivity contribution in [3.8, 4) is 0 Å². The number of hydrogen-bond acceptors (Lipinski definition) is 1. The smallest absolute Gasteiger partial charge is 0.397 e. The maximum absolute atomic E-state index is 14.1. The van der Waals surface area contributed by atoms with Gasteiger partial charge in [-0.1, -0.05) is 0 Å². The van der Waals surface area contributed by atoms with Crippen molar-refractivity contribution in [3.05, 3.63) is 24.8 Å². The molecule has 0 heterocycles. The number of benzene rings is 1. The van der Waals surface area contributed by atoms with Crippen molar-refractivity contribution in [1.82, 2.24) is 0 Å². The first-order valence-corrected chi connectivity index (χ1v) is 7.34. The van der Waals surface area contributed by atoms with Crippen LogP contribution in [0.1, 0.15) is 5.56 Å². The fraction of sp³-hybridized carbons (Fsp3) is 0.333. The molecule has 1 aromatic carbocycles.